The Hall–Kier alpha value is -2.75. The van der Waals surface area contributed by atoms with Crippen molar-refractivity contribution in [3.8, 4) is 0 Å². The van der Waals surface area contributed by atoms with Gasteiger partial charge in [-0.25, -0.2) is 0 Å². The van der Waals surface area contributed by atoms with E-state index < -0.39 is 0 Å². The highest BCUT2D eigenvalue weighted by Gasteiger charge is 2.37. The Labute approximate surface area is 197 Å². The molecule has 0 saturated heterocycles. The molecule has 0 aromatic heterocycles. The Kier molecular flexibility index (Phi) is 8.85. The van der Waals surface area contributed by atoms with Gasteiger partial charge in [-0.2, -0.15) is 0 Å². The first kappa shape index (κ1) is 23.4. The number of rotatable bonds is 12. The van der Waals surface area contributed by atoms with Gasteiger partial charge in [0.25, 0.3) is 0 Å². The highest BCUT2D eigenvalue weighted by Crippen LogP contribution is 2.35. The van der Waals surface area contributed by atoms with Gasteiger partial charge in [-0.05, 0) is 48.3 Å². The molecule has 4 rings (SSSR count). The molecule has 1 aliphatic carbocycles. The number of carbonyl (C=O) groups is 1. The molecule has 3 aromatic carbocycles. The quantitative estimate of drug-likeness (QED) is 0.325. The van der Waals surface area contributed by atoms with Crippen molar-refractivity contribution in [2.75, 3.05) is 6.61 Å². The minimum absolute atomic E-state index is 0.0722. The second-order valence-electron chi connectivity index (χ2n) is 9.08. The zero-order valence-corrected chi connectivity index (χ0v) is 19.3. The monoisotopic (exact) mass is 442 g/mol. The smallest absolute Gasteiger partial charge is 0.136 e. The van der Waals surface area contributed by atoms with Gasteiger partial charge in [0.15, 0.2) is 0 Å². The molecule has 172 valence electrons. The first-order valence-electron chi connectivity index (χ1n) is 12.1. The van der Waals surface area contributed by atoms with Gasteiger partial charge >= 0.3 is 0 Å². The summed E-state index contributed by atoms with van der Waals surface area (Å²) in [6.45, 7) is 1.62. The van der Waals surface area contributed by atoms with E-state index in [1.165, 1.54) is 5.56 Å². The molecule has 1 unspecified atom stereocenters. The lowest BCUT2D eigenvalue weighted by atomic mass is 9.95. The van der Waals surface area contributed by atoms with Crippen LogP contribution in [-0.2, 0) is 33.9 Å². The minimum Gasteiger partial charge on any atom is -0.374 e. The first-order chi connectivity index (χ1) is 16.3. The number of benzene rings is 3. The molecule has 0 radical (unpaired) electrons. The van der Waals surface area contributed by atoms with E-state index in [1.807, 2.05) is 42.5 Å². The number of Topliss-reactive ketones (excluding diaryl/α,β-unsaturated/α-hetero) is 1. The maximum atomic E-state index is 12.8. The lowest BCUT2D eigenvalue weighted by molar-refractivity contribution is -0.121. The van der Waals surface area contributed by atoms with E-state index in [2.05, 4.69) is 48.5 Å². The number of ether oxygens (including phenoxy) is 2. The third-order valence-electron chi connectivity index (χ3n) is 6.59. The molecular weight excluding hydrogens is 408 g/mol. The summed E-state index contributed by atoms with van der Waals surface area (Å²) < 4.78 is 12.4. The van der Waals surface area contributed by atoms with Crippen LogP contribution in [0.3, 0.4) is 0 Å². The molecule has 0 amide bonds. The predicted octanol–water partition coefficient (Wildman–Crippen LogP) is 6.41. The van der Waals surface area contributed by atoms with Crippen LogP contribution < -0.4 is 0 Å². The van der Waals surface area contributed by atoms with Crippen molar-refractivity contribution in [1.29, 1.82) is 0 Å². The van der Waals surface area contributed by atoms with Crippen LogP contribution in [0, 0.1) is 11.8 Å². The molecule has 3 heteroatoms. The largest absolute Gasteiger partial charge is 0.374 e. The summed E-state index contributed by atoms with van der Waals surface area (Å²) in [5.74, 6) is 0.763. The summed E-state index contributed by atoms with van der Waals surface area (Å²) in [6.07, 6.45) is 4.47. The van der Waals surface area contributed by atoms with Crippen LogP contribution in [0.4, 0.5) is 0 Å². The maximum absolute atomic E-state index is 12.8. The highest BCUT2D eigenvalue weighted by molar-refractivity contribution is 5.83. The summed E-state index contributed by atoms with van der Waals surface area (Å²) in [7, 11) is 0. The number of hydrogen-bond acceptors (Lipinski definition) is 3. The second-order valence-corrected chi connectivity index (χ2v) is 9.08. The normalized spacial score (nSPS) is 19.0. The SMILES string of the molecule is O=C1C[C@@H]([C@H](COCc2ccccc2)OCc2ccccc2)CC1CCCc1ccccc1. The maximum Gasteiger partial charge on any atom is 0.136 e. The van der Waals surface area contributed by atoms with E-state index in [9.17, 15) is 4.79 Å². The Morgan fingerprint density at radius 1 is 0.758 bits per heavy atom. The van der Waals surface area contributed by atoms with E-state index in [1.54, 1.807) is 0 Å². The average molecular weight is 443 g/mol. The van der Waals surface area contributed by atoms with E-state index in [-0.39, 0.29) is 17.9 Å². The Morgan fingerprint density at radius 3 is 1.97 bits per heavy atom. The van der Waals surface area contributed by atoms with Gasteiger partial charge in [0.2, 0.25) is 0 Å². The number of carbonyl (C=O) groups excluding carboxylic acids is 1. The van der Waals surface area contributed by atoms with Gasteiger partial charge in [0.1, 0.15) is 5.78 Å². The molecular formula is C30H34O3. The van der Waals surface area contributed by atoms with Crippen molar-refractivity contribution < 1.29 is 14.3 Å². The zero-order chi connectivity index (χ0) is 22.7. The molecule has 0 spiro atoms. The van der Waals surface area contributed by atoms with Crippen LogP contribution in [-0.4, -0.2) is 18.5 Å². The molecule has 0 N–H and O–H groups in total. The van der Waals surface area contributed by atoms with Gasteiger partial charge in [-0.1, -0.05) is 91.0 Å². The van der Waals surface area contributed by atoms with E-state index in [0.717, 1.165) is 36.8 Å². The minimum atomic E-state index is -0.0722. The molecule has 3 aromatic rings. The van der Waals surface area contributed by atoms with Crippen molar-refractivity contribution in [3.05, 3.63) is 108 Å². The molecule has 0 bridgehead atoms. The molecule has 1 fully saturated rings. The molecule has 0 heterocycles. The van der Waals surface area contributed by atoms with Crippen molar-refractivity contribution in [2.45, 2.75) is 51.4 Å². The predicted molar refractivity (Wildman–Crippen MR) is 132 cm³/mol. The lowest BCUT2D eigenvalue weighted by Gasteiger charge is -2.24. The molecule has 3 nitrogen and oxygen atoms in total. The fourth-order valence-corrected chi connectivity index (χ4v) is 4.73. The number of hydrogen-bond donors (Lipinski definition) is 0. The van der Waals surface area contributed by atoms with Gasteiger partial charge < -0.3 is 9.47 Å². The number of ketones is 1. The second kappa shape index (κ2) is 12.5. The summed E-state index contributed by atoms with van der Waals surface area (Å²) in [4.78, 5) is 12.8. The fourth-order valence-electron chi connectivity index (χ4n) is 4.73. The van der Waals surface area contributed by atoms with Crippen molar-refractivity contribution in [2.24, 2.45) is 11.8 Å². The van der Waals surface area contributed by atoms with E-state index >= 15 is 0 Å². The average Bonchev–Trinajstić information content (AvgIpc) is 3.23. The Morgan fingerprint density at radius 2 is 1.33 bits per heavy atom. The highest BCUT2D eigenvalue weighted by atomic mass is 16.5. The topological polar surface area (TPSA) is 35.5 Å². The first-order valence-corrected chi connectivity index (χ1v) is 12.1. The van der Waals surface area contributed by atoms with Crippen molar-refractivity contribution in [1.82, 2.24) is 0 Å². The zero-order valence-electron chi connectivity index (χ0n) is 19.3. The molecule has 1 saturated carbocycles. The van der Waals surface area contributed by atoms with E-state index in [4.69, 9.17) is 9.47 Å². The third-order valence-corrected chi connectivity index (χ3v) is 6.59. The Bertz CT molecular complexity index is 956. The summed E-state index contributed by atoms with van der Waals surface area (Å²) in [5, 5.41) is 0. The van der Waals surface area contributed by atoms with Gasteiger partial charge in [0, 0.05) is 12.3 Å². The summed E-state index contributed by atoms with van der Waals surface area (Å²) in [5.41, 5.74) is 3.65. The molecule has 3 atom stereocenters. The molecule has 0 aliphatic heterocycles. The van der Waals surface area contributed by atoms with Gasteiger partial charge in [-0.15, -0.1) is 0 Å². The summed E-state index contributed by atoms with van der Waals surface area (Å²) >= 11 is 0. The molecule has 33 heavy (non-hydrogen) atoms. The van der Waals surface area contributed by atoms with Crippen LogP contribution in [0.1, 0.15) is 42.4 Å². The summed E-state index contributed by atoms with van der Waals surface area (Å²) in [6, 6.07) is 31.0. The fraction of sp³-hybridized carbons (Fsp3) is 0.367. The standard InChI is InChI=1S/C30H34O3/c31-29-20-28(19-27(29)18-10-17-24-11-4-1-5-12-24)30(33-22-26-15-8-3-9-16-26)23-32-21-25-13-6-2-7-14-25/h1-9,11-16,27-28,30H,10,17-23H2/t27?,28-,30-/m0/s1. The van der Waals surface area contributed by atoms with Crippen LogP contribution >= 0.6 is 0 Å². The van der Waals surface area contributed by atoms with Gasteiger partial charge in [0.05, 0.1) is 25.9 Å². The number of aryl methyl sites for hydroxylation is 1. The van der Waals surface area contributed by atoms with E-state index in [0.29, 0.717) is 32.0 Å². The van der Waals surface area contributed by atoms with Crippen LogP contribution in [0.5, 0.6) is 0 Å². The van der Waals surface area contributed by atoms with Crippen molar-refractivity contribution in [3.63, 3.8) is 0 Å². The van der Waals surface area contributed by atoms with Gasteiger partial charge in [-0.3, -0.25) is 4.79 Å². The van der Waals surface area contributed by atoms with Crippen LogP contribution in [0.25, 0.3) is 0 Å². The third kappa shape index (κ3) is 7.38. The Balaban J connectivity index is 1.31. The van der Waals surface area contributed by atoms with Crippen LogP contribution in [0.15, 0.2) is 91.0 Å². The van der Waals surface area contributed by atoms with Crippen LogP contribution in [0.2, 0.25) is 0 Å². The van der Waals surface area contributed by atoms with Crippen molar-refractivity contribution >= 4 is 5.78 Å². The lowest BCUT2D eigenvalue weighted by Crippen LogP contribution is -2.28. The molecule has 1 aliphatic rings.